The van der Waals surface area contributed by atoms with Crippen LogP contribution in [0.4, 0.5) is 5.69 Å². The number of anilines is 1. The summed E-state index contributed by atoms with van der Waals surface area (Å²) in [5, 5.41) is 7.24. The zero-order valence-electron chi connectivity index (χ0n) is 16.2. The average molecular weight is 450 g/mol. The minimum atomic E-state index is -0.447. The fraction of sp³-hybridized carbons (Fsp3) is 0.0870. The second kappa shape index (κ2) is 9.38. The lowest BCUT2D eigenvalue weighted by Crippen LogP contribution is -2.19. The van der Waals surface area contributed by atoms with Crippen molar-refractivity contribution >= 4 is 46.9 Å². The summed E-state index contributed by atoms with van der Waals surface area (Å²) in [6, 6.07) is 27.3. The Morgan fingerprint density at radius 2 is 1.63 bits per heavy atom. The zero-order chi connectivity index (χ0) is 20.9. The van der Waals surface area contributed by atoms with E-state index in [0.717, 1.165) is 26.8 Å². The van der Waals surface area contributed by atoms with Crippen LogP contribution in [0.1, 0.15) is 16.4 Å². The van der Waals surface area contributed by atoms with Crippen LogP contribution in [-0.2, 0) is 4.79 Å². The lowest BCUT2D eigenvalue weighted by atomic mass is 10.1. The molecular weight excluding hydrogens is 430 g/mol. The number of benzene rings is 3. The summed E-state index contributed by atoms with van der Waals surface area (Å²) in [6.07, 6.45) is 0. The Morgan fingerprint density at radius 3 is 2.30 bits per heavy atom. The van der Waals surface area contributed by atoms with Crippen molar-refractivity contribution in [1.82, 2.24) is 9.78 Å². The third kappa shape index (κ3) is 4.87. The lowest BCUT2D eigenvalue weighted by Gasteiger charge is -2.15. The highest BCUT2D eigenvalue weighted by atomic mass is 32.2. The van der Waals surface area contributed by atoms with E-state index >= 15 is 0 Å². The molecule has 0 aliphatic carbocycles. The molecule has 150 valence electrons. The highest BCUT2D eigenvalue weighted by Crippen LogP contribution is 2.38. The van der Waals surface area contributed by atoms with E-state index in [1.807, 2.05) is 91.9 Å². The fourth-order valence-electron chi connectivity index (χ4n) is 2.89. The van der Waals surface area contributed by atoms with Crippen molar-refractivity contribution in [3.63, 3.8) is 0 Å². The van der Waals surface area contributed by atoms with E-state index < -0.39 is 5.25 Å². The summed E-state index contributed by atoms with van der Waals surface area (Å²) in [5.74, 6) is -0.0950. The predicted octanol–water partition coefficient (Wildman–Crippen LogP) is 6.44. The first-order valence-corrected chi connectivity index (χ1v) is 11.5. The number of hydrogen-bond acceptors (Lipinski definition) is 5. The van der Waals surface area contributed by atoms with Crippen molar-refractivity contribution in [1.29, 1.82) is 0 Å². The van der Waals surface area contributed by atoms with Crippen LogP contribution >= 0.6 is 35.3 Å². The zero-order valence-corrected chi connectivity index (χ0v) is 18.6. The van der Waals surface area contributed by atoms with Gasteiger partial charge in [-0.15, -0.1) is 5.10 Å². The van der Waals surface area contributed by atoms with Gasteiger partial charge in [0.15, 0.2) is 8.29 Å². The minimum absolute atomic E-state index is 0.0950. The molecule has 1 heterocycles. The van der Waals surface area contributed by atoms with Crippen LogP contribution in [0.5, 0.6) is 0 Å². The Morgan fingerprint density at radius 1 is 1.00 bits per heavy atom. The maximum absolute atomic E-state index is 13.2. The van der Waals surface area contributed by atoms with Crippen LogP contribution in [0.25, 0.3) is 5.69 Å². The van der Waals surface area contributed by atoms with Crippen molar-refractivity contribution < 1.29 is 4.79 Å². The molecule has 0 bridgehead atoms. The number of carbonyl (C=O) groups excluding carboxylic acids is 1. The van der Waals surface area contributed by atoms with Crippen molar-refractivity contribution in [3.8, 4) is 5.69 Å². The Balaban J connectivity index is 1.62. The van der Waals surface area contributed by atoms with Gasteiger partial charge in [0.05, 0.1) is 5.69 Å². The smallest absolute Gasteiger partial charge is 0.242 e. The SMILES string of the molecule is Cc1ccc(NC(=O)C(Sc2nn(-c3ccccc3)c(=S)s2)c2ccccc2)cc1. The predicted molar refractivity (Wildman–Crippen MR) is 127 cm³/mol. The van der Waals surface area contributed by atoms with Gasteiger partial charge < -0.3 is 5.32 Å². The van der Waals surface area contributed by atoms with Gasteiger partial charge in [0.2, 0.25) is 5.91 Å². The Bertz CT molecular complexity index is 1190. The molecule has 0 aliphatic rings. The van der Waals surface area contributed by atoms with Crippen LogP contribution in [0, 0.1) is 10.9 Å². The molecule has 4 aromatic rings. The van der Waals surface area contributed by atoms with Gasteiger partial charge in [-0.25, -0.2) is 4.68 Å². The fourth-order valence-corrected chi connectivity index (χ4v) is 5.44. The molecule has 0 saturated carbocycles. The molecule has 4 rings (SSSR count). The molecule has 1 unspecified atom stereocenters. The highest BCUT2D eigenvalue weighted by molar-refractivity contribution is 8.02. The van der Waals surface area contributed by atoms with Gasteiger partial charge in [-0.05, 0) is 49.0 Å². The van der Waals surface area contributed by atoms with Crippen molar-refractivity contribution in [3.05, 3.63) is 100 Å². The standard InChI is InChI=1S/C23H19N3OS3/c1-16-12-14-18(15-13-16)24-21(27)20(17-8-4-2-5-9-17)29-22-25-26(23(28)30-22)19-10-6-3-7-11-19/h2-15,20H,1H3,(H,24,27). The third-order valence-corrected chi connectivity index (χ3v) is 6.98. The van der Waals surface area contributed by atoms with Crippen molar-refractivity contribution in [2.24, 2.45) is 0 Å². The molecule has 30 heavy (non-hydrogen) atoms. The Labute approximate surface area is 188 Å². The van der Waals surface area contributed by atoms with E-state index in [4.69, 9.17) is 12.2 Å². The molecule has 1 aromatic heterocycles. The highest BCUT2D eigenvalue weighted by Gasteiger charge is 2.24. The van der Waals surface area contributed by atoms with E-state index in [1.165, 1.54) is 23.1 Å². The van der Waals surface area contributed by atoms with Crippen molar-refractivity contribution in [2.75, 3.05) is 5.32 Å². The van der Waals surface area contributed by atoms with E-state index in [-0.39, 0.29) is 5.91 Å². The number of aromatic nitrogens is 2. The number of amides is 1. The van der Waals surface area contributed by atoms with Gasteiger partial charge >= 0.3 is 0 Å². The summed E-state index contributed by atoms with van der Waals surface area (Å²) in [4.78, 5) is 13.2. The molecule has 1 N–H and O–H groups in total. The van der Waals surface area contributed by atoms with Crippen LogP contribution in [0.3, 0.4) is 0 Å². The molecular formula is C23H19N3OS3. The summed E-state index contributed by atoms with van der Waals surface area (Å²) < 4.78 is 3.13. The largest absolute Gasteiger partial charge is 0.325 e. The lowest BCUT2D eigenvalue weighted by molar-refractivity contribution is -0.115. The van der Waals surface area contributed by atoms with Crippen LogP contribution in [0.2, 0.25) is 0 Å². The maximum atomic E-state index is 13.2. The van der Waals surface area contributed by atoms with Gasteiger partial charge in [-0.3, -0.25) is 4.79 Å². The molecule has 0 fully saturated rings. The number of hydrogen-bond donors (Lipinski definition) is 1. The van der Waals surface area contributed by atoms with Crippen molar-refractivity contribution in [2.45, 2.75) is 16.5 Å². The van der Waals surface area contributed by atoms with E-state index in [2.05, 4.69) is 10.4 Å². The van der Waals surface area contributed by atoms with Gasteiger partial charge in [-0.1, -0.05) is 89.3 Å². The second-order valence-electron chi connectivity index (χ2n) is 6.65. The molecule has 0 saturated heterocycles. The topological polar surface area (TPSA) is 46.9 Å². The molecule has 0 aliphatic heterocycles. The van der Waals surface area contributed by atoms with Gasteiger partial charge in [0, 0.05) is 5.69 Å². The molecule has 4 nitrogen and oxygen atoms in total. The minimum Gasteiger partial charge on any atom is -0.325 e. The first-order chi connectivity index (χ1) is 14.6. The molecule has 0 spiro atoms. The summed E-state index contributed by atoms with van der Waals surface area (Å²) >= 11 is 8.33. The number of para-hydroxylation sites is 1. The number of aryl methyl sites for hydroxylation is 1. The normalized spacial score (nSPS) is 11.8. The number of carbonyl (C=O) groups is 1. The second-order valence-corrected chi connectivity index (χ2v) is 9.62. The van der Waals surface area contributed by atoms with Gasteiger partial charge in [0.1, 0.15) is 5.25 Å². The Hall–Kier alpha value is -2.74. The average Bonchev–Trinajstić information content (AvgIpc) is 3.15. The van der Waals surface area contributed by atoms with Gasteiger partial charge in [0.25, 0.3) is 0 Å². The third-order valence-electron chi connectivity index (χ3n) is 4.41. The quantitative estimate of drug-likeness (QED) is 0.272. The molecule has 1 atom stereocenters. The molecule has 3 aromatic carbocycles. The van der Waals surface area contributed by atoms with E-state index in [0.29, 0.717) is 3.95 Å². The molecule has 1 amide bonds. The Kier molecular flexibility index (Phi) is 6.42. The first-order valence-electron chi connectivity index (χ1n) is 9.35. The molecule has 7 heteroatoms. The van der Waals surface area contributed by atoms with Crippen LogP contribution in [-0.4, -0.2) is 15.7 Å². The van der Waals surface area contributed by atoms with E-state index in [9.17, 15) is 4.79 Å². The number of rotatable bonds is 6. The monoisotopic (exact) mass is 449 g/mol. The van der Waals surface area contributed by atoms with Crippen LogP contribution < -0.4 is 5.32 Å². The van der Waals surface area contributed by atoms with Crippen LogP contribution in [0.15, 0.2) is 89.3 Å². The summed E-state index contributed by atoms with van der Waals surface area (Å²) in [7, 11) is 0. The number of nitrogens with zero attached hydrogens (tertiary/aromatic N) is 2. The van der Waals surface area contributed by atoms with Gasteiger partial charge in [-0.2, -0.15) is 0 Å². The first kappa shape index (κ1) is 20.5. The number of nitrogens with one attached hydrogen (secondary N) is 1. The maximum Gasteiger partial charge on any atom is 0.242 e. The molecule has 0 radical (unpaired) electrons. The van der Waals surface area contributed by atoms with E-state index in [1.54, 1.807) is 4.68 Å². The summed E-state index contributed by atoms with van der Waals surface area (Å²) in [6.45, 7) is 2.02. The summed E-state index contributed by atoms with van der Waals surface area (Å²) in [5.41, 5.74) is 3.74. The number of thioether (sulfide) groups is 1.